The molecule has 1 amide bonds. The molecular weight excluding hydrogens is 184 g/mol. The largest absolute Gasteiger partial charge is 0.354 e. The van der Waals surface area contributed by atoms with Crippen LogP contribution in [0.5, 0.6) is 0 Å². The first-order valence-electron chi connectivity index (χ1n) is 4.73. The Morgan fingerprint density at radius 3 is 2.54 bits per heavy atom. The highest BCUT2D eigenvalue weighted by molar-refractivity contribution is 7.80. The molecule has 0 spiro atoms. The third kappa shape index (κ3) is 4.52. The average molecular weight is 204 g/mol. The molecule has 0 rings (SSSR count). The molecule has 0 bridgehead atoms. The van der Waals surface area contributed by atoms with Gasteiger partial charge in [0.2, 0.25) is 5.91 Å². The van der Waals surface area contributed by atoms with Gasteiger partial charge < -0.3 is 10.6 Å². The number of hydrogen-bond acceptors (Lipinski definition) is 3. The highest BCUT2D eigenvalue weighted by Gasteiger charge is 2.20. The topological polar surface area (TPSA) is 41.1 Å². The third-order valence-electron chi connectivity index (χ3n) is 2.22. The van der Waals surface area contributed by atoms with E-state index in [0.717, 1.165) is 6.42 Å². The molecule has 2 atom stereocenters. The summed E-state index contributed by atoms with van der Waals surface area (Å²) >= 11 is 4.03. The number of thiol groups is 1. The molecule has 0 aromatic rings. The van der Waals surface area contributed by atoms with Crippen molar-refractivity contribution in [3.8, 4) is 0 Å². The Bertz CT molecular complexity index is 153. The van der Waals surface area contributed by atoms with E-state index in [1.807, 2.05) is 7.05 Å². The van der Waals surface area contributed by atoms with Crippen molar-refractivity contribution in [3.63, 3.8) is 0 Å². The van der Waals surface area contributed by atoms with Crippen molar-refractivity contribution in [3.05, 3.63) is 0 Å². The number of carbonyl (C=O) groups excluding carboxylic acids is 1. The lowest BCUT2D eigenvalue weighted by Crippen LogP contribution is -2.46. The number of amides is 1. The summed E-state index contributed by atoms with van der Waals surface area (Å²) in [6, 6.07) is -0.0788. The van der Waals surface area contributed by atoms with Crippen molar-refractivity contribution < 1.29 is 4.79 Å². The molecule has 0 fully saturated rings. The third-order valence-corrected chi connectivity index (χ3v) is 2.44. The Morgan fingerprint density at radius 1 is 1.54 bits per heavy atom. The summed E-state index contributed by atoms with van der Waals surface area (Å²) in [5.41, 5.74) is 0. The van der Waals surface area contributed by atoms with E-state index in [1.54, 1.807) is 0 Å². The molecular formula is C9H20N2OS. The number of carbonyl (C=O) groups is 1. The predicted octanol–water partition coefficient (Wildman–Crippen LogP) is 0.667. The zero-order valence-electron chi connectivity index (χ0n) is 8.63. The van der Waals surface area contributed by atoms with Gasteiger partial charge >= 0.3 is 0 Å². The van der Waals surface area contributed by atoms with E-state index in [1.165, 1.54) is 0 Å². The van der Waals surface area contributed by atoms with Crippen LogP contribution in [-0.2, 0) is 4.79 Å². The van der Waals surface area contributed by atoms with E-state index in [-0.39, 0.29) is 11.9 Å². The fourth-order valence-electron chi connectivity index (χ4n) is 1.20. The monoisotopic (exact) mass is 204 g/mol. The highest BCUT2D eigenvalue weighted by Crippen LogP contribution is 2.06. The van der Waals surface area contributed by atoms with E-state index in [2.05, 4.69) is 37.1 Å². The predicted molar refractivity (Wildman–Crippen MR) is 59.2 cm³/mol. The van der Waals surface area contributed by atoms with E-state index < -0.39 is 0 Å². The fourth-order valence-corrected chi connectivity index (χ4v) is 1.31. The second-order valence-corrected chi connectivity index (χ2v) is 3.61. The zero-order chi connectivity index (χ0) is 10.3. The van der Waals surface area contributed by atoms with Crippen molar-refractivity contribution in [1.29, 1.82) is 0 Å². The highest BCUT2D eigenvalue weighted by atomic mass is 32.1. The molecule has 0 aliphatic heterocycles. The summed E-state index contributed by atoms with van der Waals surface area (Å²) in [5, 5.41) is 5.85. The van der Waals surface area contributed by atoms with Crippen molar-refractivity contribution in [1.82, 2.24) is 10.6 Å². The van der Waals surface area contributed by atoms with Gasteiger partial charge in [0, 0.05) is 12.3 Å². The fraction of sp³-hybridized carbons (Fsp3) is 0.889. The van der Waals surface area contributed by atoms with Crippen molar-refractivity contribution in [2.24, 2.45) is 5.92 Å². The molecule has 0 radical (unpaired) electrons. The SMILES string of the molecule is CCC(C)C(NC)C(=O)NCCS. The van der Waals surface area contributed by atoms with Crippen molar-refractivity contribution in [2.45, 2.75) is 26.3 Å². The molecule has 0 aliphatic carbocycles. The standard InChI is InChI=1S/C9H20N2OS/c1-4-7(2)8(10-3)9(12)11-5-6-13/h7-8,10,13H,4-6H2,1-3H3,(H,11,12). The molecule has 13 heavy (non-hydrogen) atoms. The molecule has 78 valence electrons. The second kappa shape index (κ2) is 7.21. The molecule has 0 aromatic heterocycles. The quantitative estimate of drug-likeness (QED) is 0.557. The van der Waals surface area contributed by atoms with Crippen LogP contribution in [0.25, 0.3) is 0 Å². The normalized spacial score (nSPS) is 15.1. The minimum absolute atomic E-state index is 0.0749. The second-order valence-electron chi connectivity index (χ2n) is 3.17. The van der Waals surface area contributed by atoms with Crippen LogP contribution in [0.15, 0.2) is 0 Å². The lowest BCUT2D eigenvalue weighted by Gasteiger charge is -2.21. The maximum absolute atomic E-state index is 11.5. The van der Waals surface area contributed by atoms with E-state index in [9.17, 15) is 4.79 Å². The van der Waals surface area contributed by atoms with Crippen LogP contribution in [-0.4, -0.2) is 31.3 Å². The smallest absolute Gasteiger partial charge is 0.237 e. The van der Waals surface area contributed by atoms with Gasteiger partial charge in [-0.15, -0.1) is 0 Å². The molecule has 4 heteroatoms. The Morgan fingerprint density at radius 2 is 2.15 bits per heavy atom. The average Bonchev–Trinajstić information content (AvgIpc) is 2.15. The van der Waals surface area contributed by atoms with Crippen LogP contribution in [0.3, 0.4) is 0 Å². The maximum Gasteiger partial charge on any atom is 0.237 e. The minimum Gasteiger partial charge on any atom is -0.354 e. The van der Waals surface area contributed by atoms with Crippen LogP contribution in [0.4, 0.5) is 0 Å². The zero-order valence-corrected chi connectivity index (χ0v) is 9.53. The summed E-state index contributed by atoms with van der Waals surface area (Å²) in [4.78, 5) is 11.5. The van der Waals surface area contributed by atoms with Gasteiger partial charge in [0.1, 0.15) is 0 Å². The van der Waals surface area contributed by atoms with Crippen molar-refractivity contribution >= 4 is 18.5 Å². The molecule has 2 unspecified atom stereocenters. The van der Waals surface area contributed by atoms with Crippen LogP contribution < -0.4 is 10.6 Å². The molecule has 0 saturated heterocycles. The van der Waals surface area contributed by atoms with Crippen LogP contribution in [0.1, 0.15) is 20.3 Å². The van der Waals surface area contributed by atoms with Gasteiger partial charge in [-0.1, -0.05) is 20.3 Å². The first kappa shape index (κ1) is 12.8. The Balaban J connectivity index is 3.99. The van der Waals surface area contributed by atoms with E-state index >= 15 is 0 Å². The van der Waals surface area contributed by atoms with Gasteiger partial charge in [-0.3, -0.25) is 4.79 Å². The number of likely N-dealkylation sites (N-methyl/N-ethyl adjacent to an activating group) is 1. The Kier molecular flexibility index (Phi) is 7.09. The molecule has 3 nitrogen and oxygen atoms in total. The lowest BCUT2D eigenvalue weighted by molar-refractivity contribution is -0.124. The lowest BCUT2D eigenvalue weighted by atomic mass is 9.99. The first-order chi connectivity index (χ1) is 6.17. The van der Waals surface area contributed by atoms with Gasteiger partial charge in [-0.25, -0.2) is 0 Å². The number of hydrogen-bond donors (Lipinski definition) is 3. The summed E-state index contributed by atoms with van der Waals surface area (Å²) in [6.45, 7) is 4.79. The number of nitrogens with one attached hydrogen (secondary N) is 2. The van der Waals surface area contributed by atoms with Gasteiger partial charge in [0.05, 0.1) is 6.04 Å². The molecule has 0 aromatic carbocycles. The van der Waals surface area contributed by atoms with E-state index in [4.69, 9.17) is 0 Å². The van der Waals surface area contributed by atoms with Crippen LogP contribution >= 0.6 is 12.6 Å². The molecule has 0 saturated carbocycles. The summed E-state index contributed by atoms with van der Waals surface area (Å²) < 4.78 is 0. The summed E-state index contributed by atoms with van der Waals surface area (Å²) in [7, 11) is 1.82. The van der Waals surface area contributed by atoms with Crippen LogP contribution in [0.2, 0.25) is 0 Å². The Hall–Kier alpha value is -0.220. The minimum atomic E-state index is -0.0788. The molecule has 0 aliphatic rings. The summed E-state index contributed by atoms with van der Waals surface area (Å²) in [6.07, 6.45) is 1.000. The maximum atomic E-state index is 11.5. The molecule has 2 N–H and O–H groups in total. The van der Waals surface area contributed by atoms with Gasteiger partial charge in [0.15, 0.2) is 0 Å². The van der Waals surface area contributed by atoms with Gasteiger partial charge in [0.25, 0.3) is 0 Å². The van der Waals surface area contributed by atoms with E-state index in [0.29, 0.717) is 18.2 Å². The van der Waals surface area contributed by atoms with Crippen molar-refractivity contribution in [2.75, 3.05) is 19.3 Å². The Labute approximate surface area is 86.1 Å². The van der Waals surface area contributed by atoms with Crippen LogP contribution in [0, 0.1) is 5.92 Å². The summed E-state index contributed by atoms with van der Waals surface area (Å²) in [5.74, 6) is 1.12. The molecule has 0 heterocycles. The number of rotatable bonds is 6. The van der Waals surface area contributed by atoms with Gasteiger partial charge in [-0.05, 0) is 13.0 Å². The van der Waals surface area contributed by atoms with Gasteiger partial charge in [-0.2, -0.15) is 12.6 Å². The first-order valence-corrected chi connectivity index (χ1v) is 5.36.